The first kappa shape index (κ1) is 13.6. The molecule has 2 rings (SSSR count). The molecule has 0 saturated carbocycles. The first-order chi connectivity index (χ1) is 8.66. The quantitative estimate of drug-likeness (QED) is 0.901. The van der Waals surface area contributed by atoms with Crippen LogP contribution in [0.5, 0.6) is 0 Å². The SMILES string of the molecule is CN1CCN(CCNC(=O)c2ccoc2Br)CC1. The molecular formula is C12H18BrN3O2. The highest BCUT2D eigenvalue weighted by molar-refractivity contribution is 9.10. The van der Waals surface area contributed by atoms with Crippen molar-refractivity contribution in [3.63, 3.8) is 0 Å². The van der Waals surface area contributed by atoms with E-state index in [0.717, 1.165) is 32.7 Å². The van der Waals surface area contributed by atoms with Crippen molar-refractivity contribution in [2.24, 2.45) is 0 Å². The van der Waals surface area contributed by atoms with Crippen molar-refractivity contribution < 1.29 is 9.21 Å². The average molecular weight is 316 g/mol. The van der Waals surface area contributed by atoms with E-state index in [2.05, 4.69) is 38.1 Å². The molecule has 100 valence electrons. The van der Waals surface area contributed by atoms with Crippen LogP contribution < -0.4 is 5.32 Å². The molecule has 0 radical (unpaired) electrons. The van der Waals surface area contributed by atoms with Crippen LogP contribution in [0.25, 0.3) is 0 Å². The second kappa shape index (κ2) is 6.36. The van der Waals surface area contributed by atoms with E-state index in [1.807, 2.05) is 0 Å². The number of halogens is 1. The minimum atomic E-state index is -0.0928. The lowest BCUT2D eigenvalue weighted by Crippen LogP contribution is -2.46. The number of amides is 1. The van der Waals surface area contributed by atoms with Crippen molar-refractivity contribution in [1.29, 1.82) is 0 Å². The van der Waals surface area contributed by atoms with Gasteiger partial charge in [0.1, 0.15) is 0 Å². The van der Waals surface area contributed by atoms with E-state index in [1.165, 1.54) is 6.26 Å². The number of likely N-dealkylation sites (N-methyl/N-ethyl adjacent to an activating group) is 1. The van der Waals surface area contributed by atoms with Gasteiger partial charge in [0.2, 0.25) is 0 Å². The summed E-state index contributed by atoms with van der Waals surface area (Å²) in [5, 5.41) is 2.90. The van der Waals surface area contributed by atoms with E-state index in [0.29, 0.717) is 16.8 Å². The molecule has 0 atom stereocenters. The van der Waals surface area contributed by atoms with Gasteiger partial charge in [0, 0.05) is 39.3 Å². The van der Waals surface area contributed by atoms with Gasteiger partial charge in [-0.15, -0.1) is 0 Å². The number of rotatable bonds is 4. The first-order valence-corrected chi connectivity index (χ1v) is 6.88. The normalized spacial score (nSPS) is 17.9. The van der Waals surface area contributed by atoms with Crippen LogP contribution in [-0.4, -0.2) is 62.0 Å². The van der Waals surface area contributed by atoms with E-state index in [1.54, 1.807) is 6.07 Å². The smallest absolute Gasteiger partial charge is 0.255 e. The molecule has 5 nitrogen and oxygen atoms in total. The Labute approximate surface area is 115 Å². The number of piperazine rings is 1. The van der Waals surface area contributed by atoms with E-state index in [-0.39, 0.29) is 5.91 Å². The standard InChI is InChI=1S/C12H18BrN3O2/c1-15-5-7-16(8-6-15)4-3-14-12(17)10-2-9-18-11(10)13/h2,9H,3-8H2,1H3,(H,14,17). The molecular weight excluding hydrogens is 298 g/mol. The number of hydrogen-bond acceptors (Lipinski definition) is 4. The van der Waals surface area contributed by atoms with Gasteiger partial charge >= 0.3 is 0 Å². The molecule has 0 aromatic carbocycles. The summed E-state index contributed by atoms with van der Waals surface area (Å²) in [6.45, 7) is 5.90. The largest absolute Gasteiger partial charge is 0.457 e. The fourth-order valence-corrected chi connectivity index (χ4v) is 2.37. The van der Waals surface area contributed by atoms with E-state index in [4.69, 9.17) is 4.42 Å². The third-order valence-electron chi connectivity index (χ3n) is 3.17. The van der Waals surface area contributed by atoms with Gasteiger partial charge in [0.15, 0.2) is 4.67 Å². The van der Waals surface area contributed by atoms with Crippen LogP contribution in [0, 0.1) is 0 Å². The predicted octanol–water partition coefficient (Wildman–Crippen LogP) is 1.02. The van der Waals surface area contributed by atoms with Gasteiger partial charge in [-0.05, 0) is 29.0 Å². The summed E-state index contributed by atoms with van der Waals surface area (Å²) in [6, 6.07) is 1.66. The number of carbonyl (C=O) groups is 1. The molecule has 2 heterocycles. The number of nitrogens with one attached hydrogen (secondary N) is 1. The minimum Gasteiger partial charge on any atom is -0.457 e. The zero-order valence-corrected chi connectivity index (χ0v) is 12.1. The van der Waals surface area contributed by atoms with Crippen molar-refractivity contribution in [3.05, 3.63) is 22.6 Å². The molecule has 1 saturated heterocycles. The third-order valence-corrected chi connectivity index (χ3v) is 3.79. The number of hydrogen-bond donors (Lipinski definition) is 1. The van der Waals surface area contributed by atoms with Crippen LogP contribution in [0.2, 0.25) is 0 Å². The molecule has 1 amide bonds. The molecule has 0 unspecified atom stereocenters. The molecule has 1 fully saturated rings. The Kier molecular flexibility index (Phi) is 4.79. The number of furan rings is 1. The van der Waals surface area contributed by atoms with Gasteiger partial charge in [-0.1, -0.05) is 0 Å². The van der Waals surface area contributed by atoms with Crippen LogP contribution in [-0.2, 0) is 0 Å². The highest BCUT2D eigenvalue weighted by Crippen LogP contribution is 2.16. The monoisotopic (exact) mass is 315 g/mol. The lowest BCUT2D eigenvalue weighted by atomic mass is 10.3. The van der Waals surface area contributed by atoms with Crippen molar-refractivity contribution in [1.82, 2.24) is 15.1 Å². The maximum Gasteiger partial charge on any atom is 0.255 e. The average Bonchev–Trinajstić information content (AvgIpc) is 2.78. The molecule has 1 aromatic heterocycles. The highest BCUT2D eigenvalue weighted by Gasteiger charge is 2.15. The Morgan fingerprint density at radius 3 is 2.78 bits per heavy atom. The summed E-state index contributed by atoms with van der Waals surface area (Å²) >= 11 is 3.20. The van der Waals surface area contributed by atoms with Gasteiger partial charge < -0.3 is 14.6 Å². The number of nitrogens with zero attached hydrogens (tertiary/aromatic N) is 2. The van der Waals surface area contributed by atoms with Crippen LogP contribution in [0.1, 0.15) is 10.4 Å². The van der Waals surface area contributed by atoms with E-state index in [9.17, 15) is 4.79 Å². The first-order valence-electron chi connectivity index (χ1n) is 6.09. The van der Waals surface area contributed by atoms with Gasteiger partial charge in [-0.3, -0.25) is 9.69 Å². The third kappa shape index (κ3) is 3.57. The van der Waals surface area contributed by atoms with Crippen molar-refractivity contribution in [2.75, 3.05) is 46.3 Å². The highest BCUT2D eigenvalue weighted by atomic mass is 79.9. The van der Waals surface area contributed by atoms with Gasteiger partial charge in [-0.25, -0.2) is 0 Å². The Morgan fingerprint density at radius 1 is 1.44 bits per heavy atom. The van der Waals surface area contributed by atoms with Gasteiger partial charge in [-0.2, -0.15) is 0 Å². The van der Waals surface area contributed by atoms with Gasteiger partial charge in [0.25, 0.3) is 5.91 Å². The Balaban J connectivity index is 1.69. The summed E-state index contributed by atoms with van der Waals surface area (Å²) in [5.41, 5.74) is 0.549. The van der Waals surface area contributed by atoms with Crippen LogP contribution in [0.15, 0.2) is 21.4 Å². The van der Waals surface area contributed by atoms with Crippen LogP contribution in [0.4, 0.5) is 0 Å². The molecule has 18 heavy (non-hydrogen) atoms. The second-order valence-electron chi connectivity index (χ2n) is 4.51. The molecule has 1 aliphatic heterocycles. The fraction of sp³-hybridized carbons (Fsp3) is 0.583. The summed E-state index contributed by atoms with van der Waals surface area (Å²) in [4.78, 5) is 16.5. The topological polar surface area (TPSA) is 48.7 Å². The van der Waals surface area contributed by atoms with E-state index >= 15 is 0 Å². The van der Waals surface area contributed by atoms with Gasteiger partial charge in [0.05, 0.1) is 11.8 Å². The lowest BCUT2D eigenvalue weighted by molar-refractivity contribution is 0.0939. The Hall–Kier alpha value is -0.850. The summed E-state index contributed by atoms with van der Waals surface area (Å²) in [5.74, 6) is -0.0928. The number of carbonyl (C=O) groups excluding carboxylic acids is 1. The van der Waals surface area contributed by atoms with E-state index < -0.39 is 0 Å². The molecule has 0 aliphatic carbocycles. The minimum absolute atomic E-state index is 0.0928. The molecule has 1 aromatic rings. The fourth-order valence-electron chi connectivity index (χ4n) is 1.95. The zero-order valence-electron chi connectivity index (χ0n) is 10.5. The second-order valence-corrected chi connectivity index (χ2v) is 5.23. The zero-order chi connectivity index (χ0) is 13.0. The molecule has 1 aliphatic rings. The summed E-state index contributed by atoms with van der Waals surface area (Å²) in [7, 11) is 2.13. The lowest BCUT2D eigenvalue weighted by Gasteiger charge is -2.32. The molecule has 0 bridgehead atoms. The summed E-state index contributed by atoms with van der Waals surface area (Å²) in [6.07, 6.45) is 1.50. The van der Waals surface area contributed by atoms with Crippen molar-refractivity contribution in [2.45, 2.75) is 0 Å². The predicted molar refractivity (Wildman–Crippen MR) is 72.7 cm³/mol. The summed E-state index contributed by atoms with van der Waals surface area (Å²) < 4.78 is 5.52. The van der Waals surface area contributed by atoms with Crippen molar-refractivity contribution >= 4 is 21.8 Å². The maximum atomic E-state index is 11.8. The Morgan fingerprint density at radius 2 is 2.17 bits per heavy atom. The molecule has 6 heteroatoms. The van der Waals surface area contributed by atoms with Crippen molar-refractivity contribution in [3.8, 4) is 0 Å². The molecule has 1 N–H and O–H groups in total. The van der Waals surface area contributed by atoms with Crippen LogP contribution >= 0.6 is 15.9 Å². The van der Waals surface area contributed by atoms with Crippen LogP contribution in [0.3, 0.4) is 0 Å². The Bertz CT molecular complexity index is 400. The maximum absolute atomic E-state index is 11.8. The molecule has 0 spiro atoms.